The normalized spacial score (nSPS) is 12.1. The molecule has 1 unspecified atom stereocenters. The maximum Gasteiger partial charge on any atom is 0.253 e. The zero-order valence-corrected chi connectivity index (χ0v) is 11.5. The maximum atomic E-state index is 12.3. The van der Waals surface area contributed by atoms with Crippen molar-refractivity contribution >= 4 is 5.91 Å². The summed E-state index contributed by atoms with van der Waals surface area (Å²) in [6.07, 6.45) is 4.92. The number of benzene rings is 1. The number of carbonyl (C=O) groups excluding carboxylic acids is 1. The van der Waals surface area contributed by atoms with Crippen LogP contribution in [0.3, 0.4) is 0 Å². The highest BCUT2D eigenvalue weighted by Crippen LogP contribution is 2.13. The molecular weight excluding hydrogens is 254 g/mol. The summed E-state index contributed by atoms with van der Waals surface area (Å²) in [5.41, 5.74) is 1.34. The Hall–Kier alpha value is -2.14. The Morgan fingerprint density at radius 2 is 2.20 bits per heavy atom. The van der Waals surface area contributed by atoms with Gasteiger partial charge in [-0.05, 0) is 38.0 Å². The minimum atomic E-state index is -0.124. The van der Waals surface area contributed by atoms with Gasteiger partial charge in [-0.3, -0.25) is 4.79 Å². The van der Waals surface area contributed by atoms with Gasteiger partial charge in [-0.2, -0.15) is 5.10 Å². The average molecular weight is 273 g/mol. The molecule has 106 valence electrons. The number of aliphatic hydroxyl groups is 1. The first kappa shape index (κ1) is 14.3. The summed E-state index contributed by atoms with van der Waals surface area (Å²) in [5.74, 6) is -0.124. The van der Waals surface area contributed by atoms with Crippen LogP contribution in [0.1, 0.15) is 30.1 Å². The predicted molar refractivity (Wildman–Crippen MR) is 76.8 cm³/mol. The Morgan fingerprint density at radius 3 is 2.90 bits per heavy atom. The molecule has 2 N–H and O–H groups in total. The lowest BCUT2D eigenvalue weighted by molar-refractivity contribution is 0.0936. The number of nitrogens with one attached hydrogen (secondary N) is 1. The Balaban J connectivity index is 2.14. The van der Waals surface area contributed by atoms with E-state index in [0.717, 1.165) is 12.1 Å². The topological polar surface area (TPSA) is 67.2 Å². The van der Waals surface area contributed by atoms with Gasteiger partial charge in [-0.1, -0.05) is 12.1 Å². The molecule has 5 heteroatoms. The lowest BCUT2D eigenvalue weighted by Crippen LogP contribution is -2.33. The lowest BCUT2D eigenvalue weighted by atomic mass is 10.1. The van der Waals surface area contributed by atoms with E-state index in [4.69, 9.17) is 5.11 Å². The second-order valence-electron chi connectivity index (χ2n) is 4.71. The van der Waals surface area contributed by atoms with Crippen LogP contribution in [0, 0.1) is 0 Å². The summed E-state index contributed by atoms with van der Waals surface area (Å²) in [7, 11) is 0. The maximum absolute atomic E-state index is 12.3. The standard InChI is InChI=1S/C15H19N3O2/c1-12(6-4-11-19)17-15(20)13-7-2-3-8-14(13)18-10-5-9-16-18/h2-3,5,7-10,12,19H,4,6,11H2,1H3,(H,17,20). The number of rotatable bonds is 6. The highest BCUT2D eigenvalue weighted by molar-refractivity contribution is 5.97. The van der Waals surface area contributed by atoms with E-state index in [1.165, 1.54) is 0 Å². The number of aliphatic hydroxyl groups excluding tert-OH is 1. The Morgan fingerprint density at radius 1 is 1.40 bits per heavy atom. The number of hydrogen-bond donors (Lipinski definition) is 2. The molecule has 0 radical (unpaired) electrons. The first-order valence-electron chi connectivity index (χ1n) is 6.73. The summed E-state index contributed by atoms with van der Waals surface area (Å²) < 4.78 is 1.67. The van der Waals surface area contributed by atoms with Crippen LogP contribution in [0.25, 0.3) is 5.69 Å². The summed E-state index contributed by atoms with van der Waals surface area (Å²) in [6, 6.07) is 9.20. The van der Waals surface area contributed by atoms with Crippen molar-refractivity contribution in [3.05, 3.63) is 48.3 Å². The molecule has 1 aromatic carbocycles. The minimum absolute atomic E-state index is 0.0281. The van der Waals surface area contributed by atoms with Gasteiger partial charge < -0.3 is 10.4 Å². The molecule has 20 heavy (non-hydrogen) atoms. The third-order valence-corrected chi connectivity index (χ3v) is 3.07. The van der Waals surface area contributed by atoms with Crippen LogP contribution in [-0.4, -0.2) is 33.4 Å². The van der Waals surface area contributed by atoms with E-state index in [1.807, 2.05) is 31.2 Å². The second kappa shape index (κ2) is 6.86. The number of aromatic nitrogens is 2. The van der Waals surface area contributed by atoms with E-state index in [9.17, 15) is 4.79 Å². The summed E-state index contributed by atoms with van der Waals surface area (Å²) in [6.45, 7) is 2.08. The molecular formula is C15H19N3O2. The average Bonchev–Trinajstić information content (AvgIpc) is 2.99. The van der Waals surface area contributed by atoms with Crippen molar-refractivity contribution < 1.29 is 9.90 Å². The molecule has 2 aromatic rings. The van der Waals surface area contributed by atoms with Gasteiger partial charge >= 0.3 is 0 Å². The van der Waals surface area contributed by atoms with Crippen LogP contribution in [0.2, 0.25) is 0 Å². The van der Waals surface area contributed by atoms with Crippen LogP contribution in [-0.2, 0) is 0 Å². The molecule has 1 amide bonds. The molecule has 0 spiro atoms. The fraction of sp³-hybridized carbons (Fsp3) is 0.333. The molecule has 0 saturated carbocycles. The lowest BCUT2D eigenvalue weighted by Gasteiger charge is -2.15. The van der Waals surface area contributed by atoms with Gasteiger partial charge in [-0.25, -0.2) is 4.68 Å². The molecule has 0 aliphatic carbocycles. The number of carbonyl (C=O) groups is 1. The third-order valence-electron chi connectivity index (χ3n) is 3.07. The highest BCUT2D eigenvalue weighted by Gasteiger charge is 2.14. The van der Waals surface area contributed by atoms with Gasteiger partial charge in [-0.15, -0.1) is 0 Å². The van der Waals surface area contributed by atoms with Crippen molar-refractivity contribution in [1.82, 2.24) is 15.1 Å². The zero-order chi connectivity index (χ0) is 14.4. The van der Waals surface area contributed by atoms with Crippen LogP contribution in [0.5, 0.6) is 0 Å². The number of amides is 1. The van der Waals surface area contributed by atoms with Gasteiger partial charge in [0.25, 0.3) is 5.91 Å². The van der Waals surface area contributed by atoms with Crippen molar-refractivity contribution in [3.63, 3.8) is 0 Å². The van der Waals surface area contributed by atoms with Crippen molar-refractivity contribution in [1.29, 1.82) is 0 Å². The summed E-state index contributed by atoms with van der Waals surface area (Å²) in [4.78, 5) is 12.3. The third kappa shape index (κ3) is 3.45. The van der Waals surface area contributed by atoms with Crippen LogP contribution in [0.4, 0.5) is 0 Å². The summed E-state index contributed by atoms with van der Waals surface area (Å²) >= 11 is 0. The van der Waals surface area contributed by atoms with E-state index in [0.29, 0.717) is 12.0 Å². The fourth-order valence-electron chi connectivity index (χ4n) is 2.05. The summed E-state index contributed by atoms with van der Waals surface area (Å²) in [5, 5.41) is 15.9. The number of nitrogens with zero attached hydrogens (tertiary/aromatic N) is 2. The van der Waals surface area contributed by atoms with Crippen molar-refractivity contribution in [3.8, 4) is 5.69 Å². The molecule has 0 aliphatic heterocycles. The van der Waals surface area contributed by atoms with Gasteiger partial charge in [0.2, 0.25) is 0 Å². The van der Waals surface area contributed by atoms with Crippen LogP contribution >= 0.6 is 0 Å². The molecule has 5 nitrogen and oxygen atoms in total. The molecule has 0 fully saturated rings. The second-order valence-corrected chi connectivity index (χ2v) is 4.71. The van der Waals surface area contributed by atoms with E-state index >= 15 is 0 Å². The molecule has 0 saturated heterocycles. The SMILES string of the molecule is CC(CCCO)NC(=O)c1ccccc1-n1cccn1. The van der Waals surface area contributed by atoms with Gasteiger partial charge in [0.1, 0.15) is 0 Å². The van der Waals surface area contributed by atoms with Gasteiger partial charge in [0.15, 0.2) is 0 Å². The molecule has 0 bridgehead atoms. The molecule has 0 aliphatic rings. The van der Waals surface area contributed by atoms with Gasteiger partial charge in [0, 0.05) is 25.0 Å². The first-order valence-corrected chi connectivity index (χ1v) is 6.73. The first-order chi connectivity index (χ1) is 9.72. The quantitative estimate of drug-likeness (QED) is 0.842. The minimum Gasteiger partial charge on any atom is -0.396 e. The van der Waals surface area contributed by atoms with E-state index in [1.54, 1.807) is 23.1 Å². The molecule has 1 heterocycles. The Labute approximate surface area is 118 Å². The highest BCUT2D eigenvalue weighted by atomic mass is 16.3. The fourth-order valence-corrected chi connectivity index (χ4v) is 2.05. The monoisotopic (exact) mass is 273 g/mol. The Kier molecular flexibility index (Phi) is 4.90. The molecule has 1 aromatic heterocycles. The van der Waals surface area contributed by atoms with Crippen molar-refractivity contribution in [2.45, 2.75) is 25.8 Å². The largest absolute Gasteiger partial charge is 0.396 e. The van der Waals surface area contributed by atoms with E-state index < -0.39 is 0 Å². The number of hydrogen-bond acceptors (Lipinski definition) is 3. The molecule has 2 rings (SSSR count). The molecule has 1 atom stereocenters. The zero-order valence-electron chi connectivity index (χ0n) is 11.5. The predicted octanol–water partition coefficient (Wildman–Crippen LogP) is 1.76. The van der Waals surface area contributed by atoms with Crippen LogP contribution < -0.4 is 5.32 Å². The van der Waals surface area contributed by atoms with E-state index in [-0.39, 0.29) is 18.6 Å². The number of para-hydroxylation sites is 1. The van der Waals surface area contributed by atoms with Crippen LogP contribution in [0.15, 0.2) is 42.7 Å². The Bertz CT molecular complexity index is 552. The smallest absolute Gasteiger partial charge is 0.253 e. The van der Waals surface area contributed by atoms with Crippen molar-refractivity contribution in [2.75, 3.05) is 6.61 Å². The van der Waals surface area contributed by atoms with Crippen molar-refractivity contribution in [2.24, 2.45) is 0 Å². The van der Waals surface area contributed by atoms with E-state index in [2.05, 4.69) is 10.4 Å². The van der Waals surface area contributed by atoms with Gasteiger partial charge in [0.05, 0.1) is 11.3 Å².